The Labute approximate surface area is 55.6 Å². The van der Waals surface area contributed by atoms with Gasteiger partial charge in [0.2, 0.25) is 0 Å². The quantitative estimate of drug-likeness (QED) is 0.258. The Bertz CT molecular complexity index is 141. The Morgan fingerprint density at radius 3 is 2.67 bits per heavy atom. The minimum Gasteiger partial charge on any atom is -0.411 e. The second kappa shape index (κ2) is 3.13. The van der Waals surface area contributed by atoms with Crippen molar-refractivity contribution < 1.29 is 5.21 Å². The summed E-state index contributed by atoms with van der Waals surface area (Å²) in [4.78, 5) is 0. The van der Waals surface area contributed by atoms with Gasteiger partial charge in [0.15, 0.2) is 0 Å². The minimum absolute atomic E-state index is 0.177. The van der Waals surface area contributed by atoms with Crippen molar-refractivity contribution in [3.63, 3.8) is 0 Å². The van der Waals surface area contributed by atoms with Gasteiger partial charge in [-0.25, -0.2) is 0 Å². The molecule has 0 aliphatic carbocycles. The second-order valence-corrected chi connectivity index (χ2v) is 2.61. The van der Waals surface area contributed by atoms with Gasteiger partial charge in [0, 0.05) is 11.8 Å². The fourth-order valence-corrected chi connectivity index (χ4v) is 0.465. The smallest absolute Gasteiger partial charge is 0.0501 e. The van der Waals surface area contributed by atoms with Crippen LogP contribution in [-0.4, -0.2) is 11.4 Å². The van der Waals surface area contributed by atoms with Gasteiger partial charge in [-0.15, -0.1) is 17.5 Å². The summed E-state index contributed by atoms with van der Waals surface area (Å²) in [7, 11) is 0. The first kappa shape index (κ1) is 8.03. The van der Waals surface area contributed by atoms with E-state index in [0.717, 1.165) is 0 Å². The average molecular weight is 125 g/mol. The molecule has 0 aromatic carbocycles. The van der Waals surface area contributed by atoms with Crippen LogP contribution in [0.2, 0.25) is 0 Å². The summed E-state index contributed by atoms with van der Waals surface area (Å²) in [5, 5.41) is 11.0. The van der Waals surface area contributed by atoms with Crippen LogP contribution in [0, 0.1) is 17.8 Å². The molecule has 0 aliphatic heterocycles. The van der Waals surface area contributed by atoms with Crippen molar-refractivity contribution in [2.24, 2.45) is 10.6 Å². The molecule has 50 valence electrons. The summed E-state index contributed by atoms with van der Waals surface area (Å²) in [6, 6.07) is 0. The Kier molecular flexibility index (Phi) is 2.80. The van der Waals surface area contributed by atoms with Crippen molar-refractivity contribution in [3.05, 3.63) is 0 Å². The summed E-state index contributed by atoms with van der Waals surface area (Å²) in [6.45, 7) is 3.82. The van der Waals surface area contributed by atoms with Gasteiger partial charge in [0.1, 0.15) is 0 Å². The molecule has 0 aromatic rings. The van der Waals surface area contributed by atoms with Crippen molar-refractivity contribution in [1.82, 2.24) is 0 Å². The standard InChI is InChI=1S/C7H11NO/c1-4-5-7(2,3)6-8-9/h1,6,9H,5H2,2-3H3. The normalized spacial score (nSPS) is 11.7. The molecule has 0 atom stereocenters. The monoisotopic (exact) mass is 125 g/mol. The second-order valence-electron chi connectivity index (χ2n) is 2.61. The summed E-state index contributed by atoms with van der Waals surface area (Å²) in [6.07, 6.45) is 7.08. The molecular formula is C7H11NO. The van der Waals surface area contributed by atoms with Crippen LogP contribution in [0.5, 0.6) is 0 Å². The molecule has 0 fully saturated rings. The predicted molar refractivity (Wildman–Crippen MR) is 37.5 cm³/mol. The molecule has 0 aliphatic rings. The van der Waals surface area contributed by atoms with Gasteiger partial charge in [0.05, 0.1) is 6.21 Å². The van der Waals surface area contributed by atoms with Crippen LogP contribution < -0.4 is 0 Å². The maximum Gasteiger partial charge on any atom is 0.0501 e. The number of rotatable bonds is 2. The Morgan fingerprint density at radius 1 is 1.78 bits per heavy atom. The molecule has 0 rings (SSSR count). The maximum atomic E-state index is 8.13. The van der Waals surface area contributed by atoms with Crippen molar-refractivity contribution in [2.45, 2.75) is 20.3 Å². The number of hydrogen-bond donors (Lipinski definition) is 1. The zero-order chi connectivity index (χ0) is 7.33. The van der Waals surface area contributed by atoms with Crippen molar-refractivity contribution in [1.29, 1.82) is 0 Å². The first-order chi connectivity index (χ1) is 4.12. The number of hydrogen-bond acceptors (Lipinski definition) is 2. The fourth-order valence-electron chi connectivity index (χ4n) is 0.465. The van der Waals surface area contributed by atoms with Gasteiger partial charge in [-0.1, -0.05) is 13.8 Å². The van der Waals surface area contributed by atoms with Gasteiger partial charge < -0.3 is 5.21 Å². The summed E-state index contributed by atoms with van der Waals surface area (Å²) in [5.74, 6) is 2.49. The largest absolute Gasteiger partial charge is 0.411 e. The van der Waals surface area contributed by atoms with E-state index < -0.39 is 0 Å². The minimum atomic E-state index is -0.177. The first-order valence-electron chi connectivity index (χ1n) is 2.74. The van der Waals surface area contributed by atoms with Gasteiger partial charge in [-0.2, -0.15) is 0 Å². The van der Waals surface area contributed by atoms with E-state index in [1.807, 2.05) is 13.8 Å². The van der Waals surface area contributed by atoms with E-state index in [-0.39, 0.29) is 5.41 Å². The average Bonchev–Trinajstić information content (AvgIpc) is 1.64. The maximum absolute atomic E-state index is 8.13. The zero-order valence-corrected chi connectivity index (χ0v) is 5.76. The highest BCUT2D eigenvalue weighted by Crippen LogP contribution is 2.15. The van der Waals surface area contributed by atoms with Gasteiger partial charge in [-0.3, -0.25) is 0 Å². The van der Waals surface area contributed by atoms with E-state index >= 15 is 0 Å². The van der Waals surface area contributed by atoms with E-state index in [0.29, 0.717) is 6.42 Å². The van der Waals surface area contributed by atoms with Gasteiger partial charge >= 0.3 is 0 Å². The highest BCUT2D eigenvalue weighted by molar-refractivity contribution is 5.64. The lowest BCUT2D eigenvalue weighted by Gasteiger charge is -2.12. The molecular weight excluding hydrogens is 114 g/mol. The molecule has 0 saturated heterocycles. The molecule has 0 amide bonds. The molecule has 0 bridgehead atoms. The van der Waals surface area contributed by atoms with E-state index in [9.17, 15) is 0 Å². The topological polar surface area (TPSA) is 32.6 Å². The first-order valence-corrected chi connectivity index (χ1v) is 2.74. The fraction of sp³-hybridized carbons (Fsp3) is 0.571. The summed E-state index contributed by atoms with van der Waals surface area (Å²) >= 11 is 0. The zero-order valence-electron chi connectivity index (χ0n) is 5.76. The Balaban J connectivity index is 3.89. The third-order valence-corrected chi connectivity index (χ3v) is 0.965. The summed E-state index contributed by atoms with van der Waals surface area (Å²) < 4.78 is 0. The molecule has 0 radical (unpaired) electrons. The number of nitrogens with zero attached hydrogens (tertiary/aromatic N) is 1. The van der Waals surface area contributed by atoms with Crippen LogP contribution in [-0.2, 0) is 0 Å². The lowest BCUT2D eigenvalue weighted by molar-refractivity contribution is 0.314. The molecule has 0 unspecified atom stereocenters. The molecule has 9 heavy (non-hydrogen) atoms. The lowest BCUT2D eigenvalue weighted by atomic mass is 9.92. The van der Waals surface area contributed by atoms with E-state index in [1.54, 1.807) is 0 Å². The number of terminal acetylenes is 1. The molecule has 0 heterocycles. The SMILES string of the molecule is C#CCC(C)(C)C=NO. The Morgan fingerprint density at radius 2 is 2.33 bits per heavy atom. The van der Waals surface area contributed by atoms with Gasteiger partial charge in [0.25, 0.3) is 0 Å². The molecule has 0 spiro atoms. The Hall–Kier alpha value is -0.970. The highest BCUT2D eigenvalue weighted by atomic mass is 16.4. The van der Waals surface area contributed by atoms with Crippen LogP contribution in [0.3, 0.4) is 0 Å². The third kappa shape index (κ3) is 3.60. The van der Waals surface area contributed by atoms with Crippen LogP contribution >= 0.6 is 0 Å². The van der Waals surface area contributed by atoms with Gasteiger partial charge in [-0.05, 0) is 0 Å². The van der Waals surface area contributed by atoms with Crippen molar-refractivity contribution in [3.8, 4) is 12.3 Å². The van der Waals surface area contributed by atoms with E-state index in [1.165, 1.54) is 6.21 Å². The molecule has 0 aromatic heterocycles. The lowest BCUT2D eigenvalue weighted by Crippen LogP contribution is -2.11. The molecule has 2 heteroatoms. The van der Waals surface area contributed by atoms with Crippen molar-refractivity contribution in [2.75, 3.05) is 0 Å². The summed E-state index contributed by atoms with van der Waals surface area (Å²) in [5.41, 5.74) is -0.177. The number of oxime groups is 1. The van der Waals surface area contributed by atoms with Crippen molar-refractivity contribution >= 4 is 6.21 Å². The van der Waals surface area contributed by atoms with E-state index in [2.05, 4.69) is 11.1 Å². The predicted octanol–water partition coefficient (Wildman–Crippen LogP) is 1.50. The van der Waals surface area contributed by atoms with E-state index in [4.69, 9.17) is 11.6 Å². The molecule has 0 saturated carbocycles. The highest BCUT2D eigenvalue weighted by Gasteiger charge is 2.12. The van der Waals surface area contributed by atoms with Crippen LogP contribution in [0.1, 0.15) is 20.3 Å². The molecule has 1 N–H and O–H groups in total. The molecule has 2 nitrogen and oxygen atoms in total. The van der Waals surface area contributed by atoms with Crippen LogP contribution in [0.4, 0.5) is 0 Å². The van der Waals surface area contributed by atoms with Crippen LogP contribution in [0.25, 0.3) is 0 Å². The van der Waals surface area contributed by atoms with Crippen LogP contribution in [0.15, 0.2) is 5.16 Å². The third-order valence-electron chi connectivity index (χ3n) is 0.965.